The summed E-state index contributed by atoms with van der Waals surface area (Å²) in [5, 5.41) is 49.6. The Hall–Kier alpha value is -2.19. The van der Waals surface area contributed by atoms with E-state index in [2.05, 4.69) is 43.4 Å². The fraction of sp³-hybridized carbons (Fsp3) is 0.714. The van der Waals surface area contributed by atoms with Gasteiger partial charge in [-0.1, -0.05) is 88.1 Å². The molecule has 0 aromatic heterocycles. The van der Waals surface area contributed by atoms with Crippen LogP contribution in [0.1, 0.15) is 104 Å². The zero-order valence-electron chi connectivity index (χ0n) is 29.0. The molecule has 49 heavy (non-hydrogen) atoms. The molecule has 1 aliphatic carbocycles. The van der Waals surface area contributed by atoms with Crippen LogP contribution in [-0.2, 0) is 32.7 Å². The zero-order valence-corrected chi connectivity index (χ0v) is 29.9. The van der Waals surface area contributed by atoms with Gasteiger partial charge in [-0.05, 0) is 51.4 Å². The smallest absolute Gasteiger partial charge is 0.462 e. The van der Waals surface area contributed by atoms with Crippen molar-refractivity contribution in [3.63, 3.8) is 0 Å². The molecular formula is C35H59O13P. The first-order chi connectivity index (χ1) is 23.4. The fourth-order valence-electron chi connectivity index (χ4n) is 4.75. The SMILES string of the molecule is CCCCC/C=C/C/C=C/C/C=C/C/C=C/CCCC(=O)O[C@H](COC(=O)CCCCC)COP(=O)(O)OC1[C@H](O)[C@H](O)C(O)[C@H](O)[C@H]1O. The molecule has 1 saturated carbocycles. The Labute approximate surface area is 290 Å². The summed E-state index contributed by atoms with van der Waals surface area (Å²) in [5.41, 5.74) is 0. The van der Waals surface area contributed by atoms with Gasteiger partial charge in [-0.15, -0.1) is 0 Å². The number of phosphoric ester groups is 1. The minimum absolute atomic E-state index is 0.0187. The van der Waals surface area contributed by atoms with Gasteiger partial charge in [0.05, 0.1) is 6.61 Å². The number of rotatable bonds is 26. The third-order valence-electron chi connectivity index (χ3n) is 7.67. The zero-order chi connectivity index (χ0) is 36.5. The number of hydrogen-bond donors (Lipinski definition) is 6. The van der Waals surface area contributed by atoms with Crippen LogP contribution in [0.5, 0.6) is 0 Å². The molecule has 1 rings (SSSR count). The van der Waals surface area contributed by atoms with Gasteiger partial charge in [0.15, 0.2) is 6.10 Å². The highest BCUT2D eigenvalue weighted by Gasteiger charge is 2.51. The van der Waals surface area contributed by atoms with E-state index in [1.54, 1.807) is 0 Å². The second kappa shape index (κ2) is 26.6. The minimum Gasteiger partial charge on any atom is -0.462 e. The number of ether oxygens (including phenoxy) is 2. The molecule has 0 aromatic carbocycles. The Kier molecular flexibility index (Phi) is 24.3. The van der Waals surface area contributed by atoms with Crippen molar-refractivity contribution >= 4 is 19.8 Å². The molecule has 1 aliphatic rings. The van der Waals surface area contributed by atoms with Crippen LogP contribution < -0.4 is 0 Å². The van der Waals surface area contributed by atoms with Gasteiger partial charge < -0.3 is 39.9 Å². The molecule has 0 aromatic rings. The summed E-state index contributed by atoms with van der Waals surface area (Å²) >= 11 is 0. The predicted octanol–water partition coefficient (Wildman–Crippen LogP) is 4.49. The molecule has 1 fully saturated rings. The number of phosphoric acid groups is 1. The van der Waals surface area contributed by atoms with E-state index in [0.29, 0.717) is 19.3 Å². The van der Waals surface area contributed by atoms with Crippen molar-refractivity contribution in [3.8, 4) is 0 Å². The molecule has 8 atom stereocenters. The van der Waals surface area contributed by atoms with Gasteiger partial charge >= 0.3 is 19.8 Å². The number of hydrogen-bond acceptors (Lipinski definition) is 12. The molecule has 14 heteroatoms. The van der Waals surface area contributed by atoms with E-state index in [1.165, 1.54) is 19.3 Å². The third-order valence-corrected chi connectivity index (χ3v) is 8.66. The standard InChI is InChI=1S/C35H59O13P/c1-3-5-7-8-9-10-11-12-13-14-15-16-17-18-19-20-22-24-29(37)47-27(25-45-28(36)23-21-6-4-2)26-46-49(43,44)48-35-33(41)31(39)30(38)32(40)34(35)42/h9-10,12-13,15-16,18-19,27,30-35,38-42H,3-8,11,14,17,20-26H2,1-2H3,(H,43,44)/b10-9+,13-12+,16-15+,19-18+/t27-,30?,31-,32+,33-,34-,35?/m1/s1. The minimum atomic E-state index is -5.11. The van der Waals surface area contributed by atoms with Crippen LogP contribution in [0.3, 0.4) is 0 Å². The Morgan fingerprint density at radius 3 is 1.65 bits per heavy atom. The second-order valence-corrected chi connectivity index (χ2v) is 13.4. The Morgan fingerprint density at radius 1 is 0.633 bits per heavy atom. The van der Waals surface area contributed by atoms with Gasteiger partial charge in [0.25, 0.3) is 0 Å². The number of esters is 2. The van der Waals surface area contributed by atoms with E-state index in [1.807, 2.05) is 19.1 Å². The molecule has 0 saturated heterocycles. The lowest BCUT2D eigenvalue weighted by molar-refractivity contribution is -0.220. The van der Waals surface area contributed by atoms with Crippen molar-refractivity contribution in [2.75, 3.05) is 13.2 Å². The van der Waals surface area contributed by atoms with Crippen LogP contribution >= 0.6 is 7.82 Å². The topological polar surface area (TPSA) is 210 Å². The normalized spacial score (nSPS) is 25.0. The lowest BCUT2D eigenvalue weighted by Crippen LogP contribution is -2.64. The Balaban J connectivity index is 2.53. The summed E-state index contributed by atoms with van der Waals surface area (Å²) in [6.07, 6.45) is 14.6. The lowest BCUT2D eigenvalue weighted by atomic mass is 9.85. The average molecular weight is 719 g/mol. The molecule has 0 spiro atoms. The van der Waals surface area contributed by atoms with Gasteiger partial charge in [-0.2, -0.15) is 0 Å². The Morgan fingerprint density at radius 2 is 1.10 bits per heavy atom. The van der Waals surface area contributed by atoms with Crippen molar-refractivity contribution in [2.24, 2.45) is 0 Å². The van der Waals surface area contributed by atoms with E-state index in [0.717, 1.165) is 38.5 Å². The number of allylic oxidation sites excluding steroid dienone is 8. The van der Waals surface area contributed by atoms with Crippen molar-refractivity contribution in [3.05, 3.63) is 48.6 Å². The fourth-order valence-corrected chi connectivity index (χ4v) is 5.72. The number of aliphatic hydroxyl groups is 5. The maximum Gasteiger partial charge on any atom is 0.472 e. The summed E-state index contributed by atoms with van der Waals surface area (Å²) < 4.78 is 32.8. The first-order valence-electron chi connectivity index (χ1n) is 17.4. The average Bonchev–Trinajstić information content (AvgIpc) is 3.07. The van der Waals surface area contributed by atoms with Gasteiger partial charge in [-0.3, -0.25) is 18.6 Å². The van der Waals surface area contributed by atoms with E-state index in [4.69, 9.17) is 18.5 Å². The van der Waals surface area contributed by atoms with Crippen molar-refractivity contribution < 1.29 is 63.1 Å². The monoisotopic (exact) mass is 718 g/mol. The van der Waals surface area contributed by atoms with Gasteiger partial charge in [-0.25, -0.2) is 4.57 Å². The first kappa shape index (κ1) is 44.8. The lowest BCUT2D eigenvalue weighted by Gasteiger charge is -2.41. The molecule has 6 N–H and O–H groups in total. The van der Waals surface area contributed by atoms with Crippen LogP contribution in [-0.4, -0.2) is 98.3 Å². The molecule has 0 radical (unpaired) electrons. The van der Waals surface area contributed by atoms with E-state index in [-0.39, 0.29) is 12.8 Å². The molecule has 0 bridgehead atoms. The van der Waals surface area contributed by atoms with E-state index >= 15 is 0 Å². The maximum atomic E-state index is 12.6. The van der Waals surface area contributed by atoms with Crippen LogP contribution in [0.15, 0.2) is 48.6 Å². The molecule has 0 heterocycles. The van der Waals surface area contributed by atoms with Gasteiger partial charge in [0, 0.05) is 12.8 Å². The third kappa shape index (κ3) is 20.3. The van der Waals surface area contributed by atoms with Crippen LogP contribution in [0.2, 0.25) is 0 Å². The maximum absolute atomic E-state index is 12.6. The summed E-state index contributed by atoms with van der Waals surface area (Å²) in [7, 11) is -5.11. The molecule has 0 amide bonds. The van der Waals surface area contributed by atoms with Crippen molar-refractivity contribution in [2.45, 2.75) is 146 Å². The quantitative estimate of drug-likeness (QED) is 0.0316. The highest BCUT2D eigenvalue weighted by Crippen LogP contribution is 2.47. The number of carbonyl (C=O) groups is 2. The molecule has 0 aliphatic heterocycles. The van der Waals surface area contributed by atoms with Gasteiger partial charge in [0.1, 0.15) is 43.2 Å². The molecule has 3 unspecified atom stereocenters. The van der Waals surface area contributed by atoms with Crippen molar-refractivity contribution in [1.29, 1.82) is 0 Å². The number of aliphatic hydroxyl groups excluding tert-OH is 5. The highest BCUT2D eigenvalue weighted by atomic mass is 31.2. The molecule has 282 valence electrons. The van der Waals surface area contributed by atoms with Crippen LogP contribution in [0, 0.1) is 0 Å². The van der Waals surface area contributed by atoms with E-state index in [9.17, 15) is 44.6 Å². The number of carbonyl (C=O) groups excluding carboxylic acids is 2. The second-order valence-electron chi connectivity index (χ2n) is 12.0. The highest BCUT2D eigenvalue weighted by molar-refractivity contribution is 7.47. The van der Waals surface area contributed by atoms with Crippen LogP contribution in [0.4, 0.5) is 0 Å². The molecular weight excluding hydrogens is 659 g/mol. The number of unbranched alkanes of at least 4 members (excludes halogenated alkanes) is 6. The Bertz CT molecular complexity index is 1060. The summed E-state index contributed by atoms with van der Waals surface area (Å²) in [4.78, 5) is 34.8. The first-order valence-corrected chi connectivity index (χ1v) is 18.9. The predicted molar refractivity (Wildman–Crippen MR) is 184 cm³/mol. The summed E-state index contributed by atoms with van der Waals surface area (Å²) in [5.74, 6) is -1.20. The van der Waals surface area contributed by atoms with Crippen molar-refractivity contribution in [1.82, 2.24) is 0 Å². The van der Waals surface area contributed by atoms with Gasteiger partial charge in [0.2, 0.25) is 0 Å². The van der Waals surface area contributed by atoms with Crippen LogP contribution in [0.25, 0.3) is 0 Å². The largest absolute Gasteiger partial charge is 0.472 e. The summed E-state index contributed by atoms with van der Waals surface area (Å²) in [6, 6.07) is 0. The van der Waals surface area contributed by atoms with E-state index < -0.39 is 75.7 Å². The summed E-state index contributed by atoms with van der Waals surface area (Å²) in [6.45, 7) is 2.95. The molecule has 13 nitrogen and oxygen atoms in total.